The second kappa shape index (κ2) is 6.30. The predicted molar refractivity (Wildman–Crippen MR) is 86.7 cm³/mol. The van der Waals surface area contributed by atoms with Crippen molar-refractivity contribution in [3.8, 4) is 0 Å². The molecule has 2 unspecified atom stereocenters. The van der Waals surface area contributed by atoms with Gasteiger partial charge in [-0.05, 0) is 54.2 Å². The third-order valence-corrected chi connectivity index (χ3v) is 4.42. The monoisotopic (exact) mass is 333 g/mol. The summed E-state index contributed by atoms with van der Waals surface area (Å²) in [4.78, 5) is 12.2. The van der Waals surface area contributed by atoms with Crippen LogP contribution in [0.4, 0.5) is 18.9 Å². The third-order valence-electron chi connectivity index (χ3n) is 4.42. The normalized spacial score (nSPS) is 19.8. The minimum Gasteiger partial charge on any atom is -0.326 e. The zero-order valence-electron chi connectivity index (χ0n) is 13.2. The van der Waals surface area contributed by atoms with E-state index < -0.39 is 11.7 Å². The fourth-order valence-electron chi connectivity index (χ4n) is 2.83. The van der Waals surface area contributed by atoms with Crippen molar-refractivity contribution < 1.29 is 18.0 Å². The van der Waals surface area contributed by atoms with E-state index in [4.69, 9.17) is 0 Å². The molecule has 0 saturated heterocycles. The lowest BCUT2D eigenvalue weighted by atomic mass is 10.1. The number of benzene rings is 2. The number of nitrogens with one attached hydrogen (secondary N) is 1. The van der Waals surface area contributed by atoms with Crippen molar-refractivity contribution in [1.29, 1.82) is 0 Å². The lowest BCUT2D eigenvalue weighted by Crippen LogP contribution is -2.14. The fraction of sp³-hybridized carbons (Fsp3) is 0.316. The standard InChI is InChI=1S/C19H18F3NO/c1-2-12-3-9-15(10-4-12)23-18(24)17-11-16(17)13-5-7-14(8-6-13)19(20,21)22/h3-10,16-17H,2,11H2,1H3,(H,23,24). The number of halogens is 3. The highest BCUT2D eigenvalue weighted by Gasteiger charge is 2.44. The van der Waals surface area contributed by atoms with Crippen molar-refractivity contribution in [2.75, 3.05) is 5.32 Å². The van der Waals surface area contributed by atoms with E-state index in [2.05, 4.69) is 12.2 Å². The highest BCUT2D eigenvalue weighted by molar-refractivity contribution is 5.95. The van der Waals surface area contributed by atoms with Crippen molar-refractivity contribution in [2.45, 2.75) is 31.9 Å². The minimum atomic E-state index is -4.33. The predicted octanol–water partition coefficient (Wildman–Crippen LogP) is 5.01. The van der Waals surface area contributed by atoms with Gasteiger partial charge in [-0.15, -0.1) is 0 Å². The van der Waals surface area contributed by atoms with Gasteiger partial charge >= 0.3 is 6.18 Å². The molecular weight excluding hydrogens is 315 g/mol. The maximum Gasteiger partial charge on any atom is 0.416 e. The Balaban J connectivity index is 1.60. The fourth-order valence-corrected chi connectivity index (χ4v) is 2.83. The van der Waals surface area contributed by atoms with Crippen LogP contribution in [0.25, 0.3) is 0 Å². The van der Waals surface area contributed by atoms with E-state index in [1.165, 1.54) is 17.7 Å². The van der Waals surface area contributed by atoms with Crippen LogP contribution in [0.1, 0.15) is 36.0 Å². The van der Waals surface area contributed by atoms with Gasteiger partial charge in [-0.25, -0.2) is 0 Å². The first-order valence-electron chi connectivity index (χ1n) is 7.95. The van der Waals surface area contributed by atoms with Gasteiger partial charge in [0.25, 0.3) is 0 Å². The Hall–Kier alpha value is -2.30. The van der Waals surface area contributed by atoms with Crippen molar-refractivity contribution in [3.63, 3.8) is 0 Å². The number of aryl methyl sites for hydroxylation is 1. The molecule has 5 heteroatoms. The van der Waals surface area contributed by atoms with E-state index in [0.717, 1.165) is 29.8 Å². The molecule has 0 radical (unpaired) electrons. The van der Waals surface area contributed by atoms with Crippen LogP contribution in [0.3, 0.4) is 0 Å². The Morgan fingerprint density at radius 2 is 1.71 bits per heavy atom. The van der Waals surface area contributed by atoms with Gasteiger partial charge in [-0.2, -0.15) is 13.2 Å². The molecule has 0 heterocycles. The lowest BCUT2D eigenvalue weighted by molar-refractivity contribution is -0.137. The van der Waals surface area contributed by atoms with Crippen LogP contribution in [0, 0.1) is 5.92 Å². The summed E-state index contributed by atoms with van der Waals surface area (Å²) in [5.41, 5.74) is 2.06. The van der Waals surface area contributed by atoms with E-state index >= 15 is 0 Å². The molecular formula is C19H18F3NO. The Kier molecular flexibility index (Phi) is 4.35. The third kappa shape index (κ3) is 3.61. The molecule has 0 aromatic heterocycles. The molecule has 1 saturated carbocycles. The highest BCUT2D eigenvalue weighted by Crippen LogP contribution is 2.48. The molecule has 0 spiro atoms. The van der Waals surface area contributed by atoms with Gasteiger partial charge in [0.05, 0.1) is 5.56 Å². The number of amides is 1. The Morgan fingerprint density at radius 1 is 1.08 bits per heavy atom. The van der Waals surface area contributed by atoms with Gasteiger partial charge < -0.3 is 5.32 Å². The average Bonchev–Trinajstić information content (AvgIpc) is 3.36. The summed E-state index contributed by atoms with van der Waals surface area (Å²) < 4.78 is 37.7. The van der Waals surface area contributed by atoms with Gasteiger partial charge in [0, 0.05) is 11.6 Å². The molecule has 2 nitrogen and oxygen atoms in total. The molecule has 24 heavy (non-hydrogen) atoms. The van der Waals surface area contributed by atoms with Gasteiger partial charge in [-0.3, -0.25) is 4.79 Å². The van der Waals surface area contributed by atoms with Gasteiger partial charge in [0.15, 0.2) is 0 Å². The van der Waals surface area contributed by atoms with Crippen molar-refractivity contribution in [3.05, 3.63) is 65.2 Å². The summed E-state index contributed by atoms with van der Waals surface area (Å²) in [6.07, 6.45) is -2.72. The number of hydrogen-bond acceptors (Lipinski definition) is 1. The Morgan fingerprint density at radius 3 is 2.25 bits per heavy atom. The van der Waals surface area contributed by atoms with Crippen LogP contribution in [0.5, 0.6) is 0 Å². The van der Waals surface area contributed by atoms with Crippen molar-refractivity contribution >= 4 is 11.6 Å². The topological polar surface area (TPSA) is 29.1 Å². The summed E-state index contributed by atoms with van der Waals surface area (Å²) in [5.74, 6) is -0.251. The zero-order chi connectivity index (χ0) is 17.3. The summed E-state index contributed by atoms with van der Waals surface area (Å²) in [7, 11) is 0. The van der Waals surface area contributed by atoms with E-state index in [1.54, 1.807) is 0 Å². The molecule has 1 fully saturated rings. The molecule has 2 atom stereocenters. The summed E-state index contributed by atoms with van der Waals surface area (Å²) in [6, 6.07) is 12.8. The van der Waals surface area contributed by atoms with Gasteiger partial charge in [-0.1, -0.05) is 31.2 Å². The molecule has 2 aromatic carbocycles. The summed E-state index contributed by atoms with van der Waals surface area (Å²) >= 11 is 0. The van der Waals surface area contributed by atoms with Crippen LogP contribution in [0.2, 0.25) is 0 Å². The van der Waals surface area contributed by atoms with E-state index in [0.29, 0.717) is 6.42 Å². The van der Waals surface area contributed by atoms with E-state index in [-0.39, 0.29) is 17.7 Å². The van der Waals surface area contributed by atoms with Crippen LogP contribution < -0.4 is 5.32 Å². The number of anilines is 1. The Labute approximate surface area is 138 Å². The Bertz CT molecular complexity index is 720. The minimum absolute atomic E-state index is 0.00204. The molecule has 0 bridgehead atoms. The van der Waals surface area contributed by atoms with Crippen molar-refractivity contribution in [1.82, 2.24) is 0 Å². The van der Waals surface area contributed by atoms with Gasteiger partial charge in [0.2, 0.25) is 5.91 Å². The van der Waals surface area contributed by atoms with E-state index in [1.807, 2.05) is 24.3 Å². The first-order chi connectivity index (χ1) is 11.4. The molecule has 1 aliphatic carbocycles. The zero-order valence-corrected chi connectivity index (χ0v) is 13.2. The molecule has 2 aromatic rings. The first-order valence-corrected chi connectivity index (χ1v) is 7.95. The number of carbonyl (C=O) groups excluding carboxylic acids is 1. The van der Waals surface area contributed by atoms with Crippen LogP contribution >= 0.6 is 0 Å². The molecule has 3 rings (SSSR count). The smallest absolute Gasteiger partial charge is 0.326 e. The van der Waals surface area contributed by atoms with Gasteiger partial charge in [0.1, 0.15) is 0 Å². The van der Waals surface area contributed by atoms with Crippen LogP contribution in [-0.2, 0) is 17.4 Å². The summed E-state index contributed by atoms with van der Waals surface area (Å²) in [6.45, 7) is 2.06. The SMILES string of the molecule is CCc1ccc(NC(=O)C2CC2c2ccc(C(F)(F)F)cc2)cc1. The average molecular weight is 333 g/mol. The van der Waals surface area contributed by atoms with Crippen LogP contribution in [0.15, 0.2) is 48.5 Å². The summed E-state index contributed by atoms with van der Waals surface area (Å²) in [5, 5.41) is 2.87. The van der Waals surface area contributed by atoms with E-state index in [9.17, 15) is 18.0 Å². The van der Waals surface area contributed by atoms with Crippen LogP contribution in [-0.4, -0.2) is 5.91 Å². The molecule has 1 N–H and O–H groups in total. The highest BCUT2D eigenvalue weighted by atomic mass is 19.4. The molecule has 126 valence electrons. The number of rotatable bonds is 4. The number of alkyl halides is 3. The molecule has 0 aliphatic heterocycles. The molecule has 1 amide bonds. The molecule has 1 aliphatic rings. The van der Waals surface area contributed by atoms with Crippen molar-refractivity contribution in [2.24, 2.45) is 5.92 Å². The second-order valence-corrected chi connectivity index (χ2v) is 6.11. The second-order valence-electron chi connectivity index (χ2n) is 6.11. The first kappa shape index (κ1) is 16.6. The number of carbonyl (C=O) groups is 1. The maximum atomic E-state index is 12.6. The maximum absolute atomic E-state index is 12.6. The number of hydrogen-bond donors (Lipinski definition) is 1. The lowest BCUT2D eigenvalue weighted by Gasteiger charge is -2.08. The largest absolute Gasteiger partial charge is 0.416 e. The quantitative estimate of drug-likeness (QED) is 0.837.